The molecule has 0 aliphatic heterocycles. The van der Waals surface area contributed by atoms with Crippen LogP contribution in [-0.4, -0.2) is 29.6 Å². The molecule has 1 N–H and O–H groups in total. The molecule has 4 heteroatoms. The highest BCUT2D eigenvalue weighted by molar-refractivity contribution is 6.39. The topological polar surface area (TPSA) is 63.6 Å². The lowest BCUT2D eigenvalue weighted by Gasteiger charge is -2.13. The van der Waals surface area contributed by atoms with Crippen molar-refractivity contribution in [2.24, 2.45) is 0 Å². The minimum atomic E-state index is -1.42. The molecule has 1 aliphatic carbocycles. The van der Waals surface area contributed by atoms with Crippen molar-refractivity contribution in [1.82, 2.24) is 0 Å². The fraction of sp³-hybridized carbons (Fsp3) is 0.385. The Morgan fingerprint density at radius 2 is 2.12 bits per heavy atom. The van der Waals surface area contributed by atoms with E-state index in [2.05, 4.69) is 0 Å². The Morgan fingerprint density at radius 3 is 2.65 bits per heavy atom. The summed E-state index contributed by atoms with van der Waals surface area (Å²) in [6, 6.07) is 6.75. The zero-order chi connectivity index (χ0) is 12.5. The molecule has 2 rings (SSSR count). The number of carboxylic acids is 1. The van der Waals surface area contributed by atoms with Crippen molar-refractivity contribution in [1.29, 1.82) is 0 Å². The molecule has 0 heterocycles. The van der Waals surface area contributed by atoms with E-state index in [0.717, 1.165) is 24.8 Å². The molecule has 1 saturated carbocycles. The molecule has 0 aromatic heterocycles. The number of carboxylic acid groups (broad SMARTS) is 1. The van der Waals surface area contributed by atoms with Crippen molar-refractivity contribution >= 4 is 11.8 Å². The van der Waals surface area contributed by atoms with Gasteiger partial charge in [0.25, 0.3) is 5.78 Å². The van der Waals surface area contributed by atoms with Gasteiger partial charge >= 0.3 is 5.97 Å². The highest BCUT2D eigenvalue weighted by Gasteiger charge is 2.42. The SMILES string of the molecule is COC1(Cc2cccc(C(=O)C(=O)O)c2)CC1. The fourth-order valence-electron chi connectivity index (χ4n) is 1.91. The van der Waals surface area contributed by atoms with Gasteiger partial charge in [-0.15, -0.1) is 0 Å². The molecule has 0 bridgehead atoms. The summed E-state index contributed by atoms with van der Waals surface area (Å²) >= 11 is 0. The van der Waals surface area contributed by atoms with Gasteiger partial charge < -0.3 is 9.84 Å². The van der Waals surface area contributed by atoms with Gasteiger partial charge in [0.2, 0.25) is 0 Å². The molecule has 0 unspecified atom stereocenters. The summed E-state index contributed by atoms with van der Waals surface area (Å²) in [4.78, 5) is 21.9. The first kappa shape index (κ1) is 11.8. The van der Waals surface area contributed by atoms with Crippen molar-refractivity contribution in [2.75, 3.05) is 7.11 Å². The highest BCUT2D eigenvalue weighted by Crippen LogP contribution is 2.41. The minimum absolute atomic E-state index is 0.0924. The Hall–Kier alpha value is -1.68. The van der Waals surface area contributed by atoms with E-state index >= 15 is 0 Å². The summed E-state index contributed by atoms with van der Waals surface area (Å²) in [5, 5.41) is 8.64. The first-order chi connectivity index (χ1) is 8.06. The van der Waals surface area contributed by atoms with E-state index in [1.165, 1.54) is 6.07 Å². The molecule has 90 valence electrons. The van der Waals surface area contributed by atoms with Crippen molar-refractivity contribution in [3.8, 4) is 0 Å². The third-order valence-electron chi connectivity index (χ3n) is 3.15. The summed E-state index contributed by atoms with van der Waals surface area (Å²) in [5.74, 6) is -2.29. The minimum Gasteiger partial charge on any atom is -0.475 e. The van der Waals surface area contributed by atoms with Gasteiger partial charge in [0.1, 0.15) is 0 Å². The molecule has 0 atom stereocenters. The summed E-state index contributed by atoms with van der Waals surface area (Å²) in [7, 11) is 1.68. The lowest BCUT2D eigenvalue weighted by molar-refractivity contribution is -0.131. The standard InChI is InChI=1S/C13H14O4/c1-17-13(5-6-13)8-9-3-2-4-10(7-9)11(14)12(15)16/h2-4,7H,5-6,8H2,1H3,(H,15,16). The fourth-order valence-corrected chi connectivity index (χ4v) is 1.91. The summed E-state index contributed by atoms with van der Waals surface area (Å²) in [6.07, 6.45) is 2.76. The van der Waals surface area contributed by atoms with Gasteiger partial charge in [-0.05, 0) is 24.5 Å². The zero-order valence-corrected chi connectivity index (χ0v) is 9.60. The van der Waals surface area contributed by atoms with Gasteiger partial charge in [-0.2, -0.15) is 0 Å². The summed E-state index contributed by atoms with van der Waals surface area (Å²) < 4.78 is 5.40. The Balaban J connectivity index is 2.17. The smallest absolute Gasteiger partial charge is 0.377 e. The third kappa shape index (κ3) is 2.53. The first-order valence-electron chi connectivity index (χ1n) is 5.48. The van der Waals surface area contributed by atoms with E-state index in [1.807, 2.05) is 6.07 Å². The number of hydrogen-bond donors (Lipinski definition) is 1. The van der Waals surface area contributed by atoms with Gasteiger partial charge in [-0.25, -0.2) is 4.79 Å². The van der Waals surface area contributed by atoms with Crippen molar-refractivity contribution in [3.05, 3.63) is 35.4 Å². The van der Waals surface area contributed by atoms with Crippen molar-refractivity contribution < 1.29 is 19.4 Å². The van der Waals surface area contributed by atoms with Crippen LogP contribution in [0.5, 0.6) is 0 Å². The predicted molar refractivity (Wildman–Crippen MR) is 61.1 cm³/mol. The molecule has 0 spiro atoms. The molecule has 1 aromatic carbocycles. The number of aliphatic carboxylic acids is 1. The van der Waals surface area contributed by atoms with Crippen LogP contribution < -0.4 is 0 Å². The second kappa shape index (κ2) is 4.30. The number of carbonyl (C=O) groups is 2. The number of methoxy groups -OCH3 is 1. The maximum absolute atomic E-state index is 11.3. The molecular weight excluding hydrogens is 220 g/mol. The van der Waals surface area contributed by atoms with Gasteiger partial charge in [-0.1, -0.05) is 18.2 Å². The van der Waals surface area contributed by atoms with Crippen molar-refractivity contribution in [2.45, 2.75) is 24.9 Å². The van der Waals surface area contributed by atoms with Crippen LogP contribution in [0.2, 0.25) is 0 Å². The zero-order valence-electron chi connectivity index (χ0n) is 9.60. The van der Waals surface area contributed by atoms with Crippen LogP contribution in [0, 0.1) is 0 Å². The second-order valence-electron chi connectivity index (χ2n) is 4.40. The maximum Gasteiger partial charge on any atom is 0.377 e. The molecule has 1 aromatic rings. The molecule has 0 amide bonds. The molecule has 1 aliphatic rings. The van der Waals surface area contributed by atoms with Gasteiger partial charge in [-0.3, -0.25) is 4.79 Å². The second-order valence-corrected chi connectivity index (χ2v) is 4.40. The number of hydrogen-bond acceptors (Lipinski definition) is 3. The number of ether oxygens (including phenoxy) is 1. The normalized spacial score (nSPS) is 16.5. The largest absolute Gasteiger partial charge is 0.475 e. The highest BCUT2D eigenvalue weighted by atomic mass is 16.5. The van der Waals surface area contributed by atoms with Crippen LogP contribution in [0.3, 0.4) is 0 Å². The Kier molecular flexibility index (Phi) is 2.98. The van der Waals surface area contributed by atoms with Crippen molar-refractivity contribution in [3.63, 3.8) is 0 Å². The molecule has 0 saturated heterocycles. The first-order valence-corrected chi connectivity index (χ1v) is 5.48. The van der Waals surface area contributed by atoms with Crippen LogP contribution in [0.15, 0.2) is 24.3 Å². The number of benzene rings is 1. The average molecular weight is 234 g/mol. The molecule has 4 nitrogen and oxygen atoms in total. The molecule has 1 fully saturated rings. The Bertz CT molecular complexity index is 460. The van der Waals surface area contributed by atoms with Crippen LogP contribution >= 0.6 is 0 Å². The molecular formula is C13H14O4. The third-order valence-corrected chi connectivity index (χ3v) is 3.15. The van der Waals surface area contributed by atoms with E-state index in [9.17, 15) is 9.59 Å². The number of rotatable bonds is 5. The number of ketones is 1. The quantitative estimate of drug-likeness (QED) is 0.621. The summed E-state index contributed by atoms with van der Waals surface area (Å²) in [5.41, 5.74) is 1.07. The Morgan fingerprint density at radius 1 is 1.41 bits per heavy atom. The average Bonchev–Trinajstić information content (AvgIpc) is 3.09. The molecule has 17 heavy (non-hydrogen) atoms. The monoisotopic (exact) mass is 234 g/mol. The van der Waals surface area contributed by atoms with Gasteiger partial charge in [0.05, 0.1) is 5.60 Å². The number of carbonyl (C=O) groups excluding carboxylic acids is 1. The van der Waals surface area contributed by atoms with Gasteiger partial charge in [0.15, 0.2) is 0 Å². The summed E-state index contributed by atoms with van der Waals surface area (Å²) in [6.45, 7) is 0. The predicted octanol–water partition coefficient (Wildman–Crippen LogP) is 1.68. The van der Waals surface area contributed by atoms with E-state index in [4.69, 9.17) is 9.84 Å². The molecule has 0 radical (unpaired) electrons. The van der Waals surface area contributed by atoms with E-state index < -0.39 is 11.8 Å². The van der Waals surface area contributed by atoms with Crippen LogP contribution in [0.1, 0.15) is 28.8 Å². The number of Topliss-reactive ketones (excluding diaryl/α,β-unsaturated/α-hetero) is 1. The van der Waals surface area contributed by atoms with E-state index in [1.54, 1.807) is 19.2 Å². The van der Waals surface area contributed by atoms with E-state index in [-0.39, 0.29) is 11.2 Å². The van der Waals surface area contributed by atoms with Gasteiger partial charge in [0, 0.05) is 19.1 Å². The van der Waals surface area contributed by atoms with Crippen LogP contribution in [0.4, 0.5) is 0 Å². The van der Waals surface area contributed by atoms with Crippen LogP contribution in [-0.2, 0) is 16.0 Å². The Labute approximate surface area is 99.2 Å². The maximum atomic E-state index is 11.3. The lowest BCUT2D eigenvalue weighted by Crippen LogP contribution is -2.16. The van der Waals surface area contributed by atoms with E-state index in [0.29, 0.717) is 0 Å². The lowest BCUT2D eigenvalue weighted by atomic mass is 10.0. The van der Waals surface area contributed by atoms with Crippen LogP contribution in [0.25, 0.3) is 0 Å².